The van der Waals surface area contributed by atoms with Crippen molar-refractivity contribution < 1.29 is 9.53 Å². The Bertz CT molecular complexity index is 355. The Morgan fingerprint density at radius 3 is 2.62 bits per heavy atom. The summed E-state index contributed by atoms with van der Waals surface area (Å²) >= 11 is 3.33. The maximum absolute atomic E-state index is 12.3. The first kappa shape index (κ1) is 13.4. The van der Waals surface area contributed by atoms with Gasteiger partial charge in [-0.1, -0.05) is 13.8 Å². The Labute approximate surface area is 104 Å². The quantitative estimate of drug-likeness (QED) is 0.782. The van der Waals surface area contributed by atoms with Crippen molar-refractivity contribution in [3.63, 3.8) is 0 Å². The molecule has 1 atom stereocenters. The van der Waals surface area contributed by atoms with Gasteiger partial charge >= 0.3 is 0 Å². The molecule has 1 unspecified atom stereocenters. The van der Waals surface area contributed by atoms with Gasteiger partial charge in [0.1, 0.15) is 11.8 Å². The molecule has 0 aliphatic carbocycles. The van der Waals surface area contributed by atoms with Crippen molar-refractivity contribution in [1.82, 2.24) is 9.78 Å². The highest BCUT2D eigenvalue weighted by Crippen LogP contribution is 2.20. The Hall–Kier alpha value is -0.680. The van der Waals surface area contributed by atoms with Crippen LogP contribution in [0.15, 0.2) is 10.7 Å². The second-order valence-electron chi connectivity index (χ2n) is 3.95. The number of ether oxygens (including phenoxy) is 1. The lowest BCUT2D eigenvalue weighted by atomic mass is 10.0. The molecule has 0 saturated heterocycles. The number of aryl methyl sites for hydroxylation is 1. The number of aromatic nitrogens is 2. The fourth-order valence-electron chi connectivity index (χ4n) is 1.57. The highest BCUT2D eigenvalue weighted by Gasteiger charge is 2.27. The Kier molecular flexibility index (Phi) is 4.68. The van der Waals surface area contributed by atoms with Gasteiger partial charge in [-0.05, 0) is 28.8 Å². The van der Waals surface area contributed by atoms with Crippen LogP contribution in [0.3, 0.4) is 0 Å². The van der Waals surface area contributed by atoms with Crippen LogP contribution in [0, 0.1) is 5.92 Å². The predicted molar refractivity (Wildman–Crippen MR) is 65.5 cm³/mol. The van der Waals surface area contributed by atoms with Crippen LogP contribution in [0.5, 0.6) is 0 Å². The van der Waals surface area contributed by atoms with E-state index in [0.717, 1.165) is 0 Å². The van der Waals surface area contributed by atoms with E-state index in [2.05, 4.69) is 21.0 Å². The first-order valence-electron chi connectivity index (χ1n) is 5.32. The zero-order valence-electron chi connectivity index (χ0n) is 10.0. The number of carbonyl (C=O) groups is 1. The second kappa shape index (κ2) is 5.59. The van der Waals surface area contributed by atoms with E-state index in [9.17, 15) is 4.79 Å². The lowest BCUT2D eigenvalue weighted by Gasteiger charge is -2.19. The molecule has 1 aromatic rings. The number of ketones is 1. The van der Waals surface area contributed by atoms with Crippen molar-refractivity contribution in [2.45, 2.75) is 26.9 Å². The summed E-state index contributed by atoms with van der Waals surface area (Å²) in [5.74, 6) is 0.123. The van der Waals surface area contributed by atoms with Crippen LogP contribution in [0.25, 0.3) is 0 Å². The largest absolute Gasteiger partial charge is 0.370 e. The van der Waals surface area contributed by atoms with E-state index in [-0.39, 0.29) is 11.7 Å². The third-order valence-corrected chi connectivity index (χ3v) is 2.92. The molecule has 0 N–H and O–H groups in total. The average molecular weight is 289 g/mol. The third kappa shape index (κ3) is 2.71. The van der Waals surface area contributed by atoms with E-state index in [0.29, 0.717) is 16.8 Å². The molecule has 0 spiro atoms. The Balaban J connectivity index is 2.99. The van der Waals surface area contributed by atoms with Crippen LogP contribution in [0.4, 0.5) is 0 Å². The van der Waals surface area contributed by atoms with Crippen molar-refractivity contribution in [2.75, 3.05) is 6.61 Å². The van der Waals surface area contributed by atoms with Gasteiger partial charge in [0.15, 0.2) is 0 Å². The van der Waals surface area contributed by atoms with Gasteiger partial charge in [-0.25, -0.2) is 0 Å². The molecule has 0 amide bonds. The van der Waals surface area contributed by atoms with Crippen LogP contribution in [-0.2, 0) is 11.8 Å². The summed E-state index contributed by atoms with van der Waals surface area (Å²) in [6, 6.07) is 0. The molecule has 0 fully saturated rings. The summed E-state index contributed by atoms with van der Waals surface area (Å²) in [6.45, 7) is 6.37. The first-order chi connectivity index (χ1) is 7.49. The molecule has 0 aromatic carbocycles. The van der Waals surface area contributed by atoms with Crippen molar-refractivity contribution >= 4 is 21.7 Å². The summed E-state index contributed by atoms with van der Waals surface area (Å²) in [6.07, 6.45) is 1.22. The maximum atomic E-state index is 12.3. The predicted octanol–water partition coefficient (Wildman–Crippen LogP) is 2.43. The minimum absolute atomic E-state index is 0.0243. The van der Waals surface area contributed by atoms with Crippen LogP contribution < -0.4 is 0 Å². The van der Waals surface area contributed by atoms with Crippen molar-refractivity contribution in [1.29, 1.82) is 0 Å². The van der Waals surface area contributed by atoms with Gasteiger partial charge < -0.3 is 4.74 Å². The molecule has 0 aliphatic heterocycles. The number of Topliss-reactive ketones (excluding diaryl/α,β-unsaturated/α-hetero) is 1. The molecule has 0 bridgehead atoms. The first-order valence-corrected chi connectivity index (χ1v) is 6.11. The second-order valence-corrected chi connectivity index (χ2v) is 4.80. The smallest absolute Gasteiger partial charge is 0.210 e. The highest BCUT2D eigenvalue weighted by atomic mass is 79.9. The number of hydrogen-bond donors (Lipinski definition) is 0. The van der Waals surface area contributed by atoms with Gasteiger partial charge in [0.2, 0.25) is 5.78 Å². The minimum Gasteiger partial charge on any atom is -0.370 e. The number of halogens is 1. The molecule has 4 nitrogen and oxygen atoms in total. The van der Waals surface area contributed by atoms with E-state index in [4.69, 9.17) is 4.74 Å². The molecule has 0 aliphatic rings. The summed E-state index contributed by atoms with van der Waals surface area (Å²) in [4.78, 5) is 12.3. The van der Waals surface area contributed by atoms with Gasteiger partial charge in [-0.2, -0.15) is 5.10 Å². The van der Waals surface area contributed by atoms with E-state index in [1.54, 1.807) is 17.9 Å². The van der Waals surface area contributed by atoms with Crippen molar-refractivity contribution in [3.8, 4) is 0 Å². The van der Waals surface area contributed by atoms with Crippen LogP contribution in [0.2, 0.25) is 0 Å². The van der Waals surface area contributed by atoms with E-state index >= 15 is 0 Å². The van der Waals surface area contributed by atoms with Gasteiger partial charge in [0, 0.05) is 13.7 Å². The Morgan fingerprint density at radius 2 is 2.25 bits per heavy atom. The maximum Gasteiger partial charge on any atom is 0.210 e. The molecule has 90 valence electrons. The topological polar surface area (TPSA) is 44.1 Å². The van der Waals surface area contributed by atoms with E-state index < -0.39 is 6.10 Å². The molecule has 0 saturated carbocycles. The minimum atomic E-state index is -0.406. The van der Waals surface area contributed by atoms with E-state index in [1.807, 2.05) is 20.8 Å². The summed E-state index contributed by atoms with van der Waals surface area (Å²) in [7, 11) is 1.75. The van der Waals surface area contributed by atoms with Crippen molar-refractivity contribution in [2.24, 2.45) is 13.0 Å². The molecular weight excluding hydrogens is 272 g/mol. The standard InChI is InChI=1S/C11H17BrN2O2/c1-5-16-11(7(2)3)10(15)9-8(12)6-13-14(9)4/h6-7,11H,5H2,1-4H3. The van der Waals surface area contributed by atoms with Gasteiger partial charge in [0.05, 0.1) is 10.7 Å². The molecular formula is C11H17BrN2O2. The summed E-state index contributed by atoms with van der Waals surface area (Å²) in [5, 5.41) is 4.03. The van der Waals surface area contributed by atoms with Crippen LogP contribution in [0.1, 0.15) is 31.3 Å². The van der Waals surface area contributed by atoms with Gasteiger partial charge in [-0.3, -0.25) is 9.48 Å². The SMILES string of the molecule is CCOC(C(=O)c1c(Br)cnn1C)C(C)C. The van der Waals surface area contributed by atoms with Gasteiger partial charge in [0.25, 0.3) is 0 Å². The fourth-order valence-corrected chi connectivity index (χ4v) is 2.12. The van der Waals surface area contributed by atoms with Crippen LogP contribution in [-0.4, -0.2) is 28.3 Å². The number of rotatable bonds is 5. The lowest BCUT2D eigenvalue weighted by Crippen LogP contribution is -2.31. The molecule has 1 heterocycles. The highest BCUT2D eigenvalue weighted by molar-refractivity contribution is 9.10. The molecule has 0 radical (unpaired) electrons. The number of hydrogen-bond acceptors (Lipinski definition) is 3. The summed E-state index contributed by atoms with van der Waals surface area (Å²) < 4.78 is 7.77. The molecule has 16 heavy (non-hydrogen) atoms. The molecule has 1 aromatic heterocycles. The number of nitrogens with zero attached hydrogens (tertiary/aromatic N) is 2. The molecule has 1 rings (SSSR count). The normalized spacial score (nSPS) is 13.1. The lowest BCUT2D eigenvalue weighted by molar-refractivity contribution is 0.0271. The third-order valence-electron chi connectivity index (χ3n) is 2.34. The molecule has 5 heteroatoms. The van der Waals surface area contributed by atoms with E-state index in [1.165, 1.54) is 0 Å². The number of carbonyl (C=O) groups excluding carboxylic acids is 1. The van der Waals surface area contributed by atoms with Gasteiger partial charge in [-0.15, -0.1) is 0 Å². The zero-order chi connectivity index (χ0) is 12.3. The summed E-state index contributed by atoms with van der Waals surface area (Å²) in [5.41, 5.74) is 0.562. The average Bonchev–Trinajstić information content (AvgIpc) is 2.54. The Morgan fingerprint density at radius 1 is 1.62 bits per heavy atom. The zero-order valence-corrected chi connectivity index (χ0v) is 11.6. The fraction of sp³-hybridized carbons (Fsp3) is 0.636. The van der Waals surface area contributed by atoms with Crippen LogP contribution >= 0.6 is 15.9 Å². The monoisotopic (exact) mass is 288 g/mol. The van der Waals surface area contributed by atoms with Crippen molar-refractivity contribution in [3.05, 3.63) is 16.4 Å².